The molecule has 1 aliphatic rings. The molecule has 17 heavy (non-hydrogen) atoms. The van der Waals surface area contributed by atoms with Crippen LogP contribution in [0.3, 0.4) is 0 Å². The minimum atomic E-state index is 0.403. The highest BCUT2D eigenvalue weighted by Gasteiger charge is 2.14. The van der Waals surface area contributed by atoms with Crippen molar-refractivity contribution in [3.8, 4) is 6.07 Å². The summed E-state index contributed by atoms with van der Waals surface area (Å²) in [5.41, 5.74) is 1.21. The molecule has 0 radical (unpaired) electrons. The molecule has 0 saturated carbocycles. The number of hydrogen-bond acceptors (Lipinski definition) is 5. The zero-order valence-corrected chi connectivity index (χ0v) is 9.94. The molecule has 1 atom stereocenters. The number of aryl methyl sites for hydroxylation is 1. The van der Waals surface area contributed by atoms with Crippen LogP contribution in [-0.2, 0) is 4.74 Å². The van der Waals surface area contributed by atoms with Crippen LogP contribution in [0.5, 0.6) is 0 Å². The summed E-state index contributed by atoms with van der Waals surface area (Å²) in [4.78, 5) is 8.36. The first-order valence-electron chi connectivity index (χ1n) is 5.85. The van der Waals surface area contributed by atoms with Crippen molar-refractivity contribution in [2.75, 3.05) is 25.1 Å². The molecule has 1 unspecified atom stereocenters. The molecular weight excluding hydrogens is 216 g/mol. The lowest BCUT2D eigenvalue weighted by molar-refractivity contribution is 0.0594. The van der Waals surface area contributed by atoms with Gasteiger partial charge < -0.3 is 10.1 Å². The molecule has 2 heterocycles. The van der Waals surface area contributed by atoms with Gasteiger partial charge in [0.05, 0.1) is 6.61 Å². The fourth-order valence-corrected chi connectivity index (χ4v) is 1.91. The smallest absolute Gasteiger partial charge is 0.224 e. The van der Waals surface area contributed by atoms with Gasteiger partial charge in [0.1, 0.15) is 11.8 Å². The maximum Gasteiger partial charge on any atom is 0.224 e. The van der Waals surface area contributed by atoms with E-state index < -0.39 is 0 Å². The predicted octanol–water partition coefficient (Wildman–Crippen LogP) is 1.50. The van der Waals surface area contributed by atoms with Gasteiger partial charge in [-0.2, -0.15) is 5.26 Å². The number of aromatic nitrogens is 2. The zero-order valence-electron chi connectivity index (χ0n) is 9.94. The first kappa shape index (κ1) is 11.8. The summed E-state index contributed by atoms with van der Waals surface area (Å²) in [6, 6.07) is 3.71. The Labute approximate surface area is 101 Å². The van der Waals surface area contributed by atoms with E-state index in [4.69, 9.17) is 10.00 Å². The van der Waals surface area contributed by atoms with Crippen LogP contribution >= 0.6 is 0 Å². The standard InChI is InChI=1S/C12H16N4O/c1-9-5-11(6-13)16-12(15-9)14-7-10-3-2-4-17-8-10/h5,10H,2-4,7-8H2,1H3,(H,14,15,16). The van der Waals surface area contributed by atoms with Crippen LogP contribution in [0.2, 0.25) is 0 Å². The molecule has 90 valence electrons. The topological polar surface area (TPSA) is 70.8 Å². The third-order valence-electron chi connectivity index (χ3n) is 2.77. The molecule has 1 saturated heterocycles. The lowest BCUT2D eigenvalue weighted by Crippen LogP contribution is -2.25. The molecule has 1 fully saturated rings. The molecule has 1 aromatic heterocycles. The van der Waals surface area contributed by atoms with E-state index in [0.717, 1.165) is 31.9 Å². The van der Waals surface area contributed by atoms with E-state index in [9.17, 15) is 0 Å². The quantitative estimate of drug-likeness (QED) is 0.855. The van der Waals surface area contributed by atoms with E-state index >= 15 is 0 Å². The van der Waals surface area contributed by atoms with Gasteiger partial charge in [-0.1, -0.05) is 0 Å². The summed E-state index contributed by atoms with van der Waals surface area (Å²) in [7, 11) is 0. The van der Waals surface area contributed by atoms with E-state index in [-0.39, 0.29) is 0 Å². The Kier molecular flexibility index (Phi) is 3.89. The van der Waals surface area contributed by atoms with E-state index in [1.54, 1.807) is 6.07 Å². The van der Waals surface area contributed by atoms with Crippen molar-refractivity contribution in [2.45, 2.75) is 19.8 Å². The van der Waals surface area contributed by atoms with E-state index in [1.165, 1.54) is 6.42 Å². The summed E-state index contributed by atoms with van der Waals surface area (Å²) in [6.45, 7) is 4.33. The number of rotatable bonds is 3. The molecule has 0 aliphatic carbocycles. The van der Waals surface area contributed by atoms with Crippen LogP contribution in [0, 0.1) is 24.2 Å². The summed E-state index contributed by atoms with van der Waals surface area (Å²) >= 11 is 0. The number of anilines is 1. The van der Waals surface area contributed by atoms with Gasteiger partial charge in [-0.3, -0.25) is 0 Å². The van der Waals surface area contributed by atoms with Crippen molar-refractivity contribution in [2.24, 2.45) is 5.92 Å². The first-order valence-corrected chi connectivity index (χ1v) is 5.85. The molecule has 0 bridgehead atoms. The minimum Gasteiger partial charge on any atom is -0.381 e. The molecule has 5 nitrogen and oxygen atoms in total. The van der Waals surface area contributed by atoms with Crippen molar-refractivity contribution < 1.29 is 4.74 Å². The van der Waals surface area contributed by atoms with Crippen molar-refractivity contribution in [1.82, 2.24) is 9.97 Å². The average molecular weight is 232 g/mol. The molecule has 1 aliphatic heterocycles. The SMILES string of the molecule is Cc1cc(C#N)nc(NCC2CCCOC2)n1. The van der Waals surface area contributed by atoms with Crippen molar-refractivity contribution >= 4 is 5.95 Å². The zero-order chi connectivity index (χ0) is 12.1. The molecular formula is C12H16N4O. The Morgan fingerprint density at radius 2 is 2.47 bits per heavy atom. The van der Waals surface area contributed by atoms with Crippen LogP contribution in [0.1, 0.15) is 24.2 Å². The Balaban J connectivity index is 1.94. The Morgan fingerprint density at radius 3 is 3.18 bits per heavy atom. The number of nitrogens with zero attached hydrogens (tertiary/aromatic N) is 3. The predicted molar refractivity (Wildman–Crippen MR) is 63.5 cm³/mol. The highest BCUT2D eigenvalue weighted by Crippen LogP contribution is 2.14. The molecule has 1 N–H and O–H groups in total. The number of ether oxygens (including phenoxy) is 1. The van der Waals surface area contributed by atoms with Gasteiger partial charge >= 0.3 is 0 Å². The van der Waals surface area contributed by atoms with Crippen molar-refractivity contribution in [3.05, 3.63) is 17.5 Å². The third kappa shape index (κ3) is 3.40. The fourth-order valence-electron chi connectivity index (χ4n) is 1.91. The average Bonchev–Trinajstić information content (AvgIpc) is 2.37. The van der Waals surface area contributed by atoms with Gasteiger partial charge in [-0.25, -0.2) is 9.97 Å². The molecule has 0 aromatic carbocycles. The number of nitriles is 1. The summed E-state index contributed by atoms with van der Waals surface area (Å²) < 4.78 is 5.41. The van der Waals surface area contributed by atoms with Gasteiger partial charge in [0.15, 0.2) is 0 Å². The third-order valence-corrected chi connectivity index (χ3v) is 2.77. The monoisotopic (exact) mass is 232 g/mol. The minimum absolute atomic E-state index is 0.403. The van der Waals surface area contributed by atoms with Gasteiger partial charge in [-0.15, -0.1) is 0 Å². The highest BCUT2D eigenvalue weighted by atomic mass is 16.5. The second-order valence-corrected chi connectivity index (χ2v) is 4.29. The first-order chi connectivity index (χ1) is 8.28. The lowest BCUT2D eigenvalue weighted by atomic mass is 10.0. The van der Waals surface area contributed by atoms with Crippen LogP contribution < -0.4 is 5.32 Å². The Bertz CT molecular complexity index is 421. The largest absolute Gasteiger partial charge is 0.381 e. The molecule has 2 rings (SSSR count). The van der Waals surface area contributed by atoms with Gasteiger partial charge in [-0.05, 0) is 31.7 Å². The summed E-state index contributed by atoms with van der Waals surface area (Å²) in [5, 5.41) is 12.0. The van der Waals surface area contributed by atoms with E-state index in [2.05, 4.69) is 15.3 Å². The second kappa shape index (κ2) is 5.60. The molecule has 0 amide bonds. The lowest BCUT2D eigenvalue weighted by Gasteiger charge is -2.22. The number of hydrogen-bond donors (Lipinski definition) is 1. The fraction of sp³-hybridized carbons (Fsp3) is 0.583. The highest BCUT2D eigenvalue weighted by molar-refractivity contribution is 5.32. The number of nitrogens with one attached hydrogen (secondary N) is 1. The van der Waals surface area contributed by atoms with Gasteiger partial charge in [0, 0.05) is 18.8 Å². The van der Waals surface area contributed by atoms with E-state index in [0.29, 0.717) is 17.6 Å². The maximum atomic E-state index is 8.82. The second-order valence-electron chi connectivity index (χ2n) is 4.29. The van der Waals surface area contributed by atoms with E-state index in [1.807, 2.05) is 13.0 Å². The van der Waals surface area contributed by atoms with Crippen LogP contribution in [0.15, 0.2) is 6.07 Å². The summed E-state index contributed by atoms with van der Waals surface area (Å²) in [5.74, 6) is 1.05. The van der Waals surface area contributed by atoms with Crippen molar-refractivity contribution in [3.63, 3.8) is 0 Å². The Morgan fingerprint density at radius 1 is 1.59 bits per heavy atom. The molecule has 1 aromatic rings. The summed E-state index contributed by atoms with van der Waals surface area (Å²) in [6.07, 6.45) is 2.29. The van der Waals surface area contributed by atoms with Gasteiger partial charge in [0.25, 0.3) is 0 Å². The van der Waals surface area contributed by atoms with Gasteiger partial charge in [0.2, 0.25) is 5.95 Å². The van der Waals surface area contributed by atoms with Crippen molar-refractivity contribution in [1.29, 1.82) is 5.26 Å². The Hall–Kier alpha value is -1.67. The van der Waals surface area contributed by atoms with Crippen LogP contribution in [-0.4, -0.2) is 29.7 Å². The normalized spacial score (nSPS) is 19.6. The molecule has 5 heteroatoms. The molecule has 0 spiro atoms. The van der Waals surface area contributed by atoms with Crippen LogP contribution in [0.4, 0.5) is 5.95 Å². The van der Waals surface area contributed by atoms with Crippen LogP contribution in [0.25, 0.3) is 0 Å². The maximum absolute atomic E-state index is 8.82.